The lowest BCUT2D eigenvalue weighted by Crippen LogP contribution is -1.90. The second-order valence-electron chi connectivity index (χ2n) is 3.36. The maximum atomic E-state index is 13.5. The van der Waals surface area contributed by atoms with Crippen LogP contribution >= 0.6 is 27.5 Å². The predicted octanol–water partition coefficient (Wildman–Crippen LogP) is 4.71. The highest BCUT2D eigenvalue weighted by atomic mass is 79.9. The van der Waals surface area contributed by atoms with Crippen molar-refractivity contribution < 1.29 is 9.13 Å². The highest BCUT2D eigenvalue weighted by Gasteiger charge is 2.10. The zero-order valence-corrected chi connectivity index (χ0v) is 11.2. The van der Waals surface area contributed by atoms with Crippen molar-refractivity contribution in [1.82, 2.24) is 0 Å². The number of hydrogen-bond donors (Lipinski definition) is 0. The standard InChI is InChI=1S/C13H5BrClFNO/c14-11-2-1-3-12(16)13(11)18-10-5-8(7-17)4-9(15)6-10/h1-2,4-6H. The Morgan fingerprint density at radius 2 is 2.17 bits per heavy atom. The molecule has 0 aliphatic heterocycles. The summed E-state index contributed by atoms with van der Waals surface area (Å²) in [6.45, 7) is 0. The first-order valence-electron chi connectivity index (χ1n) is 4.84. The summed E-state index contributed by atoms with van der Waals surface area (Å²) in [5.74, 6) is -0.329. The van der Waals surface area contributed by atoms with Crippen molar-refractivity contribution in [3.05, 3.63) is 57.3 Å². The number of rotatable bonds is 2. The Labute approximate surface area is 117 Å². The Morgan fingerprint density at radius 3 is 2.83 bits per heavy atom. The fraction of sp³-hybridized carbons (Fsp3) is 0. The van der Waals surface area contributed by atoms with Crippen LogP contribution in [0, 0.1) is 23.2 Å². The third-order valence-electron chi connectivity index (χ3n) is 2.08. The van der Waals surface area contributed by atoms with E-state index in [1.54, 1.807) is 6.07 Å². The van der Waals surface area contributed by atoms with Gasteiger partial charge in [0.05, 0.1) is 16.1 Å². The quantitative estimate of drug-likeness (QED) is 0.801. The Bertz CT molecular complexity index is 619. The number of benzene rings is 2. The molecular formula is C13H5BrClFNO. The van der Waals surface area contributed by atoms with Gasteiger partial charge in [-0.25, -0.2) is 4.39 Å². The van der Waals surface area contributed by atoms with Crippen molar-refractivity contribution in [2.75, 3.05) is 0 Å². The third-order valence-corrected chi connectivity index (χ3v) is 2.92. The monoisotopic (exact) mass is 324 g/mol. The molecule has 0 aromatic heterocycles. The van der Waals surface area contributed by atoms with Crippen molar-refractivity contribution in [2.45, 2.75) is 0 Å². The zero-order chi connectivity index (χ0) is 13.1. The summed E-state index contributed by atoms with van der Waals surface area (Å²) in [5, 5.41) is 9.16. The topological polar surface area (TPSA) is 33.0 Å². The molecule has 0 aliphatic rings. The van der Waals surface area contributed by atoms with Crippen LogP contribution in [0.4, 0.5) is 4.39 Å². The van der Waals surface area contributed by atoms with Gasteiger partial charge >= 0.3 is 0 Å². The summed E-state index contributed by atoms with van der Waals surface area (Å²) in [5.41, 5.74) is 0.342. The van der Waals surface area contributed by atoms with Gasteiger partial charge in [0.1, 0.15) is 5.75 Å². The van der Waals surface area contributed by atoms with E-state index in [2.05, 4.69) is 22.0 Å². The first kappa shape index (κ1) is 12.9. The first-order chi connectivity index (χ1) is 8.60. The van der Waals surface area contributed by atoms with Crippen molar-refractivity contribution >= 4 is 27.5 Å². The lowest BCUT2D eigenvalue weighted by Gasteiger charge is -2.09. The molecule has 0 unspecified atom stereocenters. The summed E-state index contributed by atoms with van der Waals surface area (Å²) in [7, 11) is 0. The minimum atomic E-state index is -0.622. The second kappa shape index (κ2) is 5.38. The Morgan fingerprint density at radius 1 is 1.39 bits per heavy atom. The van der Waals surface area contributed by atoms with E-state index in [9.17, 15) is 4.39 Å². The summed E-state index contributed by atoms with van der Waals surface area (Å²) in [4.78, 5) is 0. The normalized spacial score (nSPS) is 9.89. The molecule has 2 nitrogen and oxygen atoms in total. The fourth-order valence-corrected chi connectivity index (χ4v) is 1.94. The third kappa shape index (κ3) is 2.81. The maximum Gasteiger partial charge on any atom is 0.177 e. The van der Waals surface area contributed by atoms with E-state index in [0.29, 0.717) is 20.8 Å². The van der Waals surface area contributed by atoms with Crippen LogP contribution in [0.15, 0.2) is 34.8 Å². The van der Waals surface area contributed by atoms with Gasteiger partial charge in [-0.2, -0.15) is 5.26 Å². The van der Waals surface area contributed by atoms with E-state index >= 15 is 0 Å². The van der Waals surface area contributed by atoms with Crippen LogP contribution in [0.25, 0.3) is 0 Å². The smallest absolute Gasteiger partial charge is 0.177 e. The Balaban J connectivity index is 2.40. The SMILES string of the molecule is N#Cc1cc(Cl)cc(Oc2c(F)[c]ccc2Br)c1. The molecule has 0 aliphatic carbocycles. The molecule has 2 aromatic rings. The largest absolute Gasteiger partial charge is 0.453 e. The van der Waals surface area contributed by atoms with E-state index in [1.807, 2.05) is 6.07 Å². The average Bonchev–Trinajstić information content (AvgIpc) is 2.33. The minimum Gasteiger partial charge on any atom is -0.453 e. The Kier molecular flexibility index (Phi) is 3.85. The molecule has 0 amide bonds. The van der Waals surface area contributed by atoms with E-state index in [1.165, 1.54) is 24.3 Å². The van der Waals surface area contributed by atoms with Gasteiger partial charge in [-0.3, -0.25) is 0 Å². The molecule has 0 heterocycles. The molecule has 0 spiro atoms. The molecule has 2 rings (SSSR count). The summed E-state index contributed by atoms with van der Waals surface area (Å²) >= 11 is 9.01. The van der Waals surface area contributed by atoms with Gasteiger partial charge in [-0.15, -0.1) is 0 Å². The van der Waals surface area contributed by atoms with E-state index in [4.69, 9.17) is 21.6 Å². The van der Waals surface area contributed by atoms with Crippen LogP contribution in [0.1, 0.15) is 5.56 Å². The highest BCUT2D eigenvalue weighted by molar-refractivity contribution is 9.10. The van der Waals surface area contributed by atoms with Crippen molar-refractivity contribution in [1.29, 1.82) is 5.26 Å². The number of nitrogens with zero attached hydrogens (tertiary/aromatic N) is 1. The first-order valence-corrected chi connectivity index (χ1v) is 6.01. The molecule has 0 saturated heterocycles. The number of ether oxygens (including phenoxy) is 1. The van der Waals surface area contributed by atoms with E-state index < -0.39 is 5.82 Å². The van der Waals surface area contributed by atoms with Gasteiger partial charge in [-0.1, -0.05) is 11.6 Å². The van der Waals surface area contributed by atoms with Crippen LogP contribution in [-0.2, 0) is 0 Å². The predicted molar refractivity (Wildman–Crippen MR) is 69.2 cm³/mol. The Hall–Kier alpha value is -1.57. The number of nitriles is 1. The van der Waals surface area contributed by atoms with E-state index in [-0.39, 0.29) is 5.75 Å². The molecular weight excluding hydrogens is 321 g/mol. The fourth-order valence-electron chi connectivity index (χ4n) is 1.33. The summed E-state index contributed by atoms with van der Waals surface area (Å²) < 4.78 is 19.3. The average molecular weight is 326 g/mol. The molecule has 0 atom stereocenters. The molecule has 0 fully saturated rings. The van der Waals surface area contributed by atoms with Crippen molar-refractivity contribution in [3.8, 4) is 17.6 Å². The lowest BCUT2D eigenvalue weighted by molar-refractivity contribution is 0.438. The van der Waals surface area contributed by atoms with E-state index in [0.717, 1.165) is 0 Å². The molecule has 0 saturated carbocycles. The zero-order valence-electron chi connectivity index (χ0n) is 8.88. The molecule has 0 N–H and O–H groups in total. The van der Waals surface area contributed by atoms with Crippen LogP contribution in [0.2, 0.25) is 5.02 Å². The van der Waals surface area contributed by atoms with Gasteiger partial charge in [0.2, 0.25) is 0 Å². The van der Waals surface area contributed by atoms with Crippen molar-refractivity contribution in [3.63, 3.8) is 0 Å². The molecule has 1 radical (unpaired) electrons. The van der Waals surface area contributed by atoms with Crippen LogP contribution in [-0.4, -0.2) is 0 Å². The number of hydrogen-bond acceptors (Lipinski definition) is 2. The molecule has 18 heavy (non-hydrogen) atoms. The number of halogens is 3. The van der Waals surface area contributed by atoms with Gasteiger partial charge in [0.25, 0.3) is 0 Å². The molecule has 2 aromatic carbocycles. The highest BCUT2D eigenvalue weighted by Crippen LogP contribution is 2.33. The summed E-state index contributed by atoms with van der Waals surface area (Å²) in [6, 6.07) is 11.8. The van der Waals surface area contributed by atoms with Crippen LogP contribution in [0.5, 0.6) is 11.5 Å². The second-order valence-corrected chi connectivity index (χ2v) is 4.65. The van der Waals surface area contributed by atoms with Gasteiger partial charge in [0, 0.05) is 11.1 Å². The van der Waals surface area contributed by atoms with Crippen LogP contribution < -0.4 is 4.74 Å². The lowest BCUT2D eigenvalue weighted by atomic mass is 10.2. The van der Waals surface area contributed by atoms with Crippen LogP contribution in [0.3, 0.4) is 0 Å². The van der Waals surface area contributed by atoms with Gasteiger partial charge < -0.3 is 4.74 Å². The minimum absolute atomic E-state index is 0.00339. The maximum absolute atomic E-state index is 13.5. The summed E-state index contributed by atoms with van der Waals surface area (Å²) in [6.07, 6.45) is 0. The molecule has 5 heteroatoms. The van der Waals surface area contributed by atoms with Gasteiger partial charge in [-0.05, 0) is 46.3 Å². The molecule has 0 bridgehead atoms. The van der Waals surface area contributed by atoms with Crippen molar-refractivity contribution in [2.24, 2.45) is 0 Å². The van der Waals surface area contributed by atoms with Gasteiger partial charge in [0.15, 0.2) is 11.6 Å². The molecule has 89 valence electrons.